The Balaban J connectivity index is 2.52. The molecule has 11 heteroatoms. The number of rotatable bonds is 11. The molecule has 0 saturated heterocycles. The zero-order valence-electron chi connectivity index (χ0n) is 20.4. The average Bonchev–Trinajstić information content (AvgIpc) is 2.76. The zero-order valence-corrected chi connectivity index (χ0v) is 21.2. The van der Waals surface area contributed by atoms with Crippen molar-refractivity contribution in [2.75, 3.05) is 24.2 Å². The molecule has 1 aromatic heterocycles. The fraction of sp³-hybridized carbons (Fsp3) is 0.417. The van der Waals surface area contributed by atoms with E-state index in [9.17, 15) is 27.5 Å². The van der Waals surface area contributed by atoms with Gasteiger partial charge in [0, 0.05) is 24.6 Å². The highest BCUT2D eigenvalue weighted by Crippen LogP contribution is 2.31. The molecule has 190 valence electrons. The number of esters is 1. The number of halogens is 1. The zero-order chi connectivity index (χ0) is 26.3. The van der Waals surface area contributed by atoms with Crippen LogP contribution in [0.2, 0.25) is 0 Å². The molecule has 9 nitrogen and oxygen atoms in total. The maximum atomic E-state index is 13.6. The van der Waals surface area contributed by atoms with Crippen molar-refractivity contribution < 1.29 is 32.2 Å². The summed E-state index contributed by atoms with van der Waals surface area (Å²) < 4.78 is 43.5. The van der Waals surface area contributed by atoms with E-state index in [1.807, 2.05) is 13.8 Å². The number of aliphatic hydroxyl groups excluding tert-OH is 1. The Morgan fingerprint density at radius 2 is 1.83 bits per heavy atom. The smallest absolute Gasteiger partial charge is 0.313 e. The van der Waals surface area contributed by atoms with Crippen molar-refractivity contribution in [3.05, 3.63) is 47.4 Å². The van der Waals surface area contributed by atoms with Crippen LogP contribution in [0, 0.1) is 5.82 Å². The van der Waals surface area contributed by atoms with Crippen LogP contribution in [0.5, 0.6) is 0 Å². The van der Waals surface area contributed by atoms with Crippen molar-refractivity contribution in [3.8, 4) is 11.3 Å². The van der Waals surface area contributed by atoms with Gasteiger partial charge >= 0.3 is 5.97 Å². The van der Waals surface area contributed by atoms with Gasteiger partial charge in [0.2, 0.25) is 16.0 Å². The minimum absolute atomic E-state index is 0.0576. The van der Waals surface area contributed by atoms with E-state index in [-0.39, 0.29) is 24.9 Å². The number of ketones is 1. The van der Waals surface area contributed by atoms with Crippen molar-refractivity contribution in [1.82, 2.24) is 9.97 Å². The van der Waals surface area contributed by atoms with E-state index in [2.05, 4.69) is 9.97 Å². The summed E-state index contributed by atoms with van der Waals surface area (Å²) in [5, 5.41) is 10.4. The van der Waals surface area contributed by atoms with Crippen LogP contribution >= 0.6 is 0 Å². The van der Waals surface area contributed by atoms with E-state index in [0.717, 1.165) is 10.6 Å². The molecule has 0 amide bonds. The third kappa shape index (κ3) is 7.93. The van der Waals surface area contributed by atoms with E-state index >= 15 is 0 Å². The van der Waals surface area contributed by atoms with Gasteiger partial charge in [0.25, 0.3) is 0 Å². The van der Waals surface area contributed by atoms with Gasteiger partial charge in [0.1, 0.15) is 18.0 Å². The molecule has 0 unspecified atom stereocenters. The number of nitrogens with zero attached hydrogens (tertiary/aromatic N) is 3. The molecule has 0 radical (unpaired) electrons. The molecule has 0 aliphatic heterocycles. The van der Waals surface area contributed by atoms with Gasteiger partial charge in [-0.25, -0.2) is 27.1 Å². The quantitative estimate of drug-likeness (QED) is 0.363. The first-order chi connectivity index (χ1) is 16.3. The van der Waals surface area contributed by atoms with E-state index in [1.54, 1.807) is 13.0 Å². The lowest BCUT2D eigenvalue weighted by Crippen LogP contribution is -2.27. The Labute approximate surface area is 204 Å². The lowest BCUT2D eigenvalue weighted by molar-refractivity contribution is -0.145. The van der Waals surface area contributed by atoms with Crippen molar-refractivity contribution in [2.24, 2.45) is 0 Å². The van der Waals surface area contributed by atoms with Crippen molar-refractivity contribution >= 4 is 33.8 Å². The van der Waals surface area contributed by atoms with E-state index in [4.69, 9.17) is 4.74 Å². The number of hydrogen-bond donors (Lipinski definition) is 1. The number of hydrogen-bond acceptors (Lipinski definition) is 8. The Morgan fingerprint density at radius 3 is 2.37 bits per heavy atom. The van der Waals surface area contributed by atoms with E-state index < -0.39 is 40.1 Å². The van der Waals surface area contributed by atoms with Gasteiger partial charge < -0.3 is 9.84 Å². The fourth-order valence-corrected chi connectivity index (χ4v) is 3.53. The highest BCUT2D eigenvalue weighted by Gasteiger charge is 2.22. The highest BCUT2D eigenvalue weighted by molar-refractivity contribution is 7.92. The topological polar surface area (TPSA) is 127 Å². The number of Topliss-reactive ketones (excluding diaryl/α,β-unsaturated/α-hetero) is 1. The molecule has 0 saturated carbocycles. The van der Waals surface area contributed by atoms with Gasteiger partial charge in [-0.1, -0.05) is 26.0 Å². The van der Waals surface area contributed by atoms with Crippen molar-refractivity contribution in [1.29, 1.82) is 0 Å². The molecular formula is C24H30FN3O6S. The van der Waals surface area contributed by atoms with Crippen molar-refractivity contribution in [2.45, 2.75) is 45.6 Å². The third-order valence-corrected chi connectivity index (χ3v) is 6.13. The Bertz CT molecular complexity index is 1200. The monoisotopic (exact) mass is 507 g/mol. The van der Waals surface area contributed by atoms with Gasteiger partial charge in [-0.2, -0.15) is 0 Å². The highest BCUT2D eigenvalue weighted by atomic mass is 32.2. The van der Waals surface area contributed by atoms with Crippen LogP contribution in [0.4, 0.5) is 10.3 Å². The summed E-state index contributed by atoms with van der Waals surface area (Å²) in [7, 11) is -2.32. The molecule has 1 atom stereocenters. The van der Waals surface area contributed by atoms with E-state index in [1.165, 1.54) is 37.4 Å². The molecule has 0 aliphatic carbocycles. The van der Waals surface area contributed by atoms with Crippen LogP contribution in [-0.4, -0.2) is 61.3 Å². The molecule has 0 fully saturated rings. The third-order valence-electron chi connectivity index (χ3n) is 4.98. The molecule has 1 heterocycles. The fourth-order valence-electron chi connectivity index (χ4n) is 3.15. The summed E-state index contributed by atoms with van der Waals surface area (Å²) in [4.78, 5) is 32.4. The van der Waals surface area contributed by atoms with Gasteiger partial charge in [0.05, 0.1) is 30.4 Å². The summed E-state index contributed by atoms with van der Waals surface area (Å²) in [5.74, 6) is -1.82. The first-order valence-corrected chi connectivity index (χ1v) is 12.8. The summed E-state index contributed by atoms with van der Waals surface area (Å²) in [6, 6.07) is 5.51. The predicted octanol–water partition coefficient (Wildman–Crippen LogP) is 3.09. The van der Waals surface area contributed by atoms with Crippen molar-refractivity contribution in [3.63, 3.8) is 0 Å². The summed E-state index contributed by atoms with van der Waals surface area (Å²) >= 11 is 0. The van der Waals surface area contributed by atoms with Crippen LogP contribution < -0.4 is 4.31 Å². The second kappa shape index (κ2) is 12.0. The molecule has 1 aromatic carbocycles. The number of sulfonamides is 1. The lowest BCUT2D eigenvalue weighted by Gasteiger charge is -2.20. The van der Waals surface area contributed by atoms with Crippen LogP contribution in [0.3, 0.4) is 0 Å². The normalized spacial score (nSPS) is 12.7. The van der Waals surface area contributed by atoms with Crippen LogP contribution in [0.15, 0.2) is 30.3 Å². The average molecular weight is 508 g/mol. The largest absolute Gasteiger partial charge is 0.466 e. The second-order valence-corrected chi connectivity index (χ2v) is 10.2. The molecule has 0 aliphatic rings. The second-order valence-electron chi connectivity index (χ2n) is 8.21. The van der Waals surface area contributed by atoms with Gasteiger partial charge in [-0.15, -0.1) is 0 Å². The van der Waals surface area contributed by atoms with Crippen LogP contribution in [0.25, 0.3) is 17.3 Å². The molecule has 0 spiro atoms. The minimum atomic E-state index is -3.66. The Kier molecular flexibility index (Phi) is 9.61. The number of carbonyl (C=O) groups is 2. The maximum Gasteiger partial charge on any atom is 0.313 e. The maximum absolute atomic E-state index is 13.6. The lowest BCUT2D eigenvalue weighted by atomic mass is 9.97. The number of aliphatic hydroxyl groups is 1. The molecule has 35 heavy (non-hydrogen) atoms. The summed E-state index contributed by atoms with van der Waals surface area (Å²) in [5.41, 5.74) is 1.81. The van der Waals surface area contributed by atoms with Crippen LogP contribution in [0.1, 0.15) is 50.8 Å². The van der Waals surface area contributed by atoms with Crippen LogP contribution in [-0.2, 0) is 24.3 Å². The number of carbonyl (C=O) groups excluding carboxylic acids is 2. The Morgan fingerprint density at radius 1 is 1.20 bits per heavy atom. The molecule has 2 aromatic rings. The summed E-state index contributed by atoms with van der Waals surface area (Å²) in [6.45, 7) is 5.50. The Hall–Kier alpha value is -3.18. The molecule has 1 N–H and O–H groups in total. The number of benzene rings is 1. The van der Waals surface area contributed by atoms with Gasteiger partial charge in [-0.3, -0.25) is 9.59 Å². The number of aromatic nitrogens is 2. The number of anilines is 1. The minimum Gasteiger partial charge on any atom is -0.466 e. The number of ether oxygens (including phenoxy) is 1. The predicted molar refractivity (Wildman–Crippen MR) is 131 cm³/mol. The van der Waals surface area contributed by atoms with Gasteiger partial charge in [-0.05, 0) is 37.1 Å². The first-order valence-electron chi connectivity index (χ1n) is 11.0. The SMILES string of the molecule is CCOC(=O)CC(=O)C[C@H](O)C=Cc1c(-c2ccc(F)cc2)nc(N(C)S(C)(=O)=O)nc1C(C)C. The molecule has 2 rings (SSSR count). The van der Waals surface area contributed by atoms with Gasteiger partial charge in [0.15, 0.2) is 0 Å². The molecular weight excluding hydrogens is 477 g/mol. The van der Waals surface area contributed by atoms with E-state index in [0.29, 0.717) is 22.5 Å². The molecule has 0 bridgehead atoms. The standard InChI is InChI=1S/C24H30FN3O6S/c1-6-34-21(31)14-19(30)13-18(29)11-12-20-22(15(2)3)26-24(28(4)35(5,32)33)27-23(20)16-7-9-17(25)10-8-16/h7-12,15,18,29H,6,13-14H2,1-5H3/t18-/m1/s1. The first kappa shape index (κ1) is 28.1. The summed E-state index contributed by atoms with van der Waals surface area (Å²) in [6.07, 6.45) is 2.01.